The number of carboxylic acids is 1. The minimum Gasteiger partial charge on any atom is -0.481 e. The Morgan fingerprint density at radius 2 is 1.70 bits per heavy atom. The van der Waals surface area contributed by atoms with Crippen LogP contribution in [0.15, 0.2) is 5.51 Å². The molecule has 23 heavy (non-hydrogen) atoms. The number of carbonyl (C=O) groups excluding carboxylic acids is 1. The van der Waals surface area contributed by atoms with Crippen LogP contribution in [0.2, 0.25) is 0 Å². The second kappa shape index (κ2) is 12.0. The molecule has 5 nitrogen and oxygen atoms in total. The molecule has 0 aromatic carbocycles. The number of unbranched alkanes of at least 4 members (excludes halogenated alkanes) is 7. The lowest BCUT2D eigenvalue weighted by molar-refractivity contribution is -0.137. The van der Waals surface area contributed by atoms with Crippen molar-refractivity contribution in [3.05, 3.63) is 16.1 Å². The summed E-state index contributed by atoms with van der Waals surface area (Å²) in [6.45, 7) is 2.73. The number of hydrogen-bond acceptors (Lipinski definition) is 4. The van der Waals surface area contributed by atoms with Crippen LogP contribution in [0.1, 0.15) is 80.1 Å². The van der Waals surface area contributed by atoms with Crippen molar-refractivity contribution in [2.75, 3.05) is 6.54 Å². The number of carbonyl (C=O) groups is 2. The van der Waals surface area contributed by atoms with Gasteiger partial charge in [0.25, 0.3) is 5.91 Å². The molecule has 130 valence electrons. The molecule has 1 amide bonds. The van der Waals surface area contributed by atoms with Crippen molar-refractivity contribution in [1.82, 2.24) is 10.3 Å². The van der Waals surface area contributed by atoms with Gasteiger partial charge in [-0.25, -0.2) is 4.98 Å². The van der Waals surface area contributed by atoms with Crippen LogP contribution in [0, 0.1) is 0 Å². The number of thiazole rings is 1. The fourth-order valence-electron chi connectivity index (χ4n) is 2.45. The normalized spacial score (nSPS) is 10.7. The van der Waals surface area contributed by atoms with Gasteiger partial charge in [0, 0.05) is 13.0 Å². The van der Waals surface area contributed by atoms with E-state index < -0.39 is 5.97 Å². The highest BCUT2D eigenvalue weighted by atomic mass is 32.1. The van der Waals surface area contributed by atoms with E-state index in [2.05, 4.69) is 10.3 Å². The lowest BCUT2D eigenvalue weighted by atomic mass is 10.1. The molecule has 0 spiro atoms. The SMILES string of the molecule is CCc1ncsc1C(=O)NCCCCCCCCCCC(=O)O. The largest absolute Gasteiger partial charge is 0.481 e. The van der Waals surface area contributed by atoms with E-state index in [1.165, 1.54) is 30.6 Å². The summed E-state index contributed by atoms with van der Waals surface area (Å²) in [5, 5.41) is 11.5. The first-order valence-corrected chi connectivity index (χ1v) is 9.45. The van der Waals surface area contributed by atoms with Crippen LogP contribution >= 0.6 is 11.3 Å². The number of nitrogens with zero attached hydrogens (tertiary/aromatic N) is 1. The summed E-state index contributed by atoms with van der Waals surface area (Å²) in [5.41, 5.74) is 2.61. The first-order valence-electron chi connectivity index (χ1n) is 8.57. The molecular formula is C17H28N2O3S. The lowest BCUT2D eigenvalue weighted by Crippen LogP contribution is -2.24. The number of aromatic nitrogens is 1. The second-order valence-corrected chi connectivity index (χ2v) is 6.56. The third-order valence-corrected chi connectivity index (χ3v) is 4.65. The average molecular weight is 340 g/mol. The Labute approximate surface area is 142 Å². The Morgan fingerprint density at radius 1 is 1.09 bits per heavy atom. The van der Waals surface area contributed by atoms with Crippen LogP contribution < -0.4 is 5.32 Å². The van der Waals surface area contributed by atoms with Gasteiger partial charge in [0.2, 0.25) is 0 Å². The maximum absolute atomic E-state index is 12.0. The summed E-state index contributed by atoms with van der Waals surface area (Å²) in [6, 6.07) is 0. The molecule has 0 bridgehead atoms. The number of aryl methyl sites for hydroxylation is 1. The van der Waals surface area contributed by atoms with Crippen molar-refractivity contribution in [2.24, 2.45) is 0 Å². The smallest absolute Gasteiger partial charge is 0.303 e. The molecule has 6 heteroatoms. The van der Waals surface area contributed by atoms with Crippen molar-refractivity contribution in [3.63, 3.8) is 0 Å². The highest BCUT2D eigenvalue weighted by Gasteiger charge is 2.12. The molecule has 0 aliphatic carbocycles. The quantitative estimate of drug-likeness (QED) is 0.531. The molecule has 0 aliphatic heterocycles. The third-order valence-electron chi connectivity index (χ3n) is 3.79. The Morgan fingerprint density at radius 3 is 2.30 bits per heavy atom. The minimum absolute atomic E-state index is 0.00257. The van der Waals surface area contributed by atoms with Gasteiger partial charge in [-0.1, -0.05) is 45.4 Å². The lowest BCUT2D eigenvalue weighted by Gasteiger charge is -2.05. The van der Waals surface area contributed by atoms with Crippen molar-refractivity contribution in [3.8, 4) is 0 Å². The predicted octanol–water partition coefficient (Wildman–Crippen LogP) is 4.03. The molecule has 1 aromatic rings. The molecule has 1 heterocycles. The zero-order chi connectivity index (χ0) is 16.9. The van der Waals surface area contributed by atoms with Gasteiger partial charge in [0.1, 0.15) is 4.88 Å². The Bertz CT molecular complexity index is 474. The summed E-state index contributed by atoms with van der Waals surface area (Å²) >= 11 is 1.41. The zero-order valence-corrected chi connectivity index (χ0v) is 14.8. The fourth-order valence-corrected chi connectivity index (χ4v) is 3.25. The van der Waals surface area contributed by atoms with Crippen molar-refractivity contribution in [1.29, 1.82) is 0 Å². The van der Waals surface area contributed by atoms with E-state index in [4.69, 9.17) is 5.11 Å². The topological polar surface area (TPSA) is 79.3 Å². The number of amides is 1. The summed E-state index contributed by atoms with van der Waals surface area (Å²) in [7, 11) is 0. The fraction of sp³-hybridized carbons (Fsp3) is 0.706. The monoisotopic (exact) mass is 340 g/mol. The highest BCUT2D eigenvalue weighted by Crippen LogP contribution is 2.14. The van der Waals surface area contributed by atoms with E-state index in [0.717, 1.165) is 55.6 Å². The Balaban J connectivity index is 1.93. The van der Waals surface area contributed by atoms with Gasteiger partial charge >= 0.3 is 5.97 Å². The molecule has 0 saturated carbocycles. The number of aliphatic carboxylic acids is 1. The number of hydrogen-bond donors (Lipinski definition) is 2. The molecule has 0 aliphatic rings. The van der Waals surface area contributed by atoms with Crippen LogP contribution in [0.5, 0.6) is 0 Å². The van der Waals surface area contributed by atoms with Gasteiger partial charge in [-0.3, -0.25) is 9.59 Å². The van der Waals surface area contributed by atoms with Gasteiger partial charge in [-0.2, -0.15) is 0 Å². The summed E-state index contributed by atoms with van der Waals surface area (Å²) in [6.07, 6.45) is 9.67. The molecular weight excluding hydrogens is 312 g/mol. The molecule has 0 atom stereocenters. The van der Waals surface area contributed by atoms with E-state index in [1.807, 2.05) is 6.92 Å². The van der Waals surface area contributed by atoms with E-state index in [-0.39, 0.29) is 5.91 Å². The van der Waals surface area contributed by atoms with Gasteiger partial charge < -0.3 is 10.4 Å². The van der Waals surface area contributed by atoms with Gasteiger partial charge in [0.05, 0.1) is 11.2 Å². The Hall–Kier alpha value is -1.43. The van der Waals surface area contributed by atoms with E-state index in [1.54, 1.807) is 5.51 Å². The maximum Gasteiger partial charge on any atom is 0.303 e. The second-order valence-electron chi connectivity index (χ2n) is 5.71. The molecule has 1 aromatic heterocycles. The molecule has 1 rings (SSSR count). The van der Waals surface area contributed by atoms with Crippen molar-refractivity contribution < 1.29 is 14.7 Å². The summed E-state index contributed by atoms with van der Waals surface area (Å²) in [5.74, 6) is -0.695. The standard InChI is InChI=1S/C17H28N2O3S/c1-2-14-16(23-13-19-14)17(22)18-12-10-8-6-4-3-5-7-9-11-15(20)21/h13H,2-12H2,1H3,(H,18,22)(H,20,21). The minimum atomic E-state index is -0.698. The van der Waals surface area contributed by atoms with Crippen molar-refractivity contribution in [2.45, 2.75) is 71.1 Å². The third kappa shape index (κ3) is 8.69. The van der Waals surface area contributed by atoms with Crippen LogP contribution in [0.25, 0.3) is 0 Å². The first-order chi connectivity index (χ1) is 11.1. The van der Waals surface area contributed by atoms with Crippen LogP contribution in [-0.4, -0.2) is 28.5 Å². The molecule has 0 radical (unpaired) electrons. The maximum atomic E-state index is 12.0. The number of rotatable bonds is 13. The summed E-state index contributed by atoms with van der Waals surface area (Å²) < 4.78 is 0. The molecule has 0 unspecified atom stereocenters. The van der Waals surface area contributed by atoms with Crippen molar-refractivity contribution >= 4 is 23.2 Å². The van der Waals surface area contributed by atoms with Gasteiger partial charge in [-0.15, -0.1) is 11.3 Å². The number of carboxylic acid groups (broad SMARTS) is 1. The predicted molar refractivity (Wildman–Crippen MR) is 93.0 cm³/mol. The summed E-state index contributed by atoms with van der Waals surface area (Å²) in [4.78, 5) is 27.3. The molecule has 0 fully saturated rings. The van der Waals surface area contributed by atoms with E-state index in [0.29, 0.717) is 6.42 Å². The Kier molecular flexibility index (Phi) is 10.3. The van der Waals surface area contributed by atoms with Crippen LogP contribution in [-0.2, 0) is 11.2 Å². The number of nitrogens with one attached hydrogen (secondary N) is 1. The molecule has 2 N–H and O–H groups in total. The highest BCUT2D eigenvalue weighted by molar-refractivity contribution is 7.11. The van der Waals surface area contributed by atoms with Gasteiger partial charge in [0.15, 0.2) is 0 Å². The average Bonchev–Trinajstić information content (AvgIpc) is 3.00. The van der Waals surface area contributed by atoms with Gasteiger partial charge in [-0.05, 0) is 19.3 Å². The van der Waals surface area contributed by atoms with Crippen LogP contribution in [0.4, 0.5) is 0 Å². The molecule has 0 saturated heterocycles. The van der Waals surface area contributed by atoms with E-state index >= 15 is 0 Å². The zero-order valence-electron chi connectivity index (χ0n) is 14.0. The van der Waals surface area contributed by atoms with E-state index in [9.17, 15) is 9.59 Å². The first kappa shape index (κ1) is 19.6. The van der Waals surface area contributed by atoms with Crippen LogP contribution in [0.3, 0.4) is 0 Å².